The molecule has 0 spiro atoms. The van der Waals surface area contributed by atoms with E-state index in [2.05, 4.69) is 20.5 Å². The number of benzene rings is 3. The van der Waals surface area contributed by atoms with Gasteiger partial charge in [-0.3, -0.25) is 4.57 Å². The number of aromatic nitrogens is 2. The van der Waals surface area contributed by atoms with Crippen LogP contribution in [0.5, 0.6) is 0 Å². The van der Waals surface area contributed by atoms with Gasteiger partial charge >= 0.3 is 11.7 Å². The maximum atomic E-state index is 13.2. The second kappa shape index (κ2) is 13.5. The molecule has 3 aromatic carbocycles. The summed E-state index contributed by atoms with van der Waals surface area (Å²) in [5.41, 5.74) is 5.36. The number of aliphatic hydroxyl groups is 1. The van der Waals surface area contributed by atoms with E-state index in [1.807, 2.05) is 77.4 Å². The number of rotatable bonds is 8. The van der Waals surface area contributed by atoms with Crippen molar-refractivity contribution >= 4 is 22.8 Å². The molecule has 6 aliphatic rings. The molecular formula is C41H49N5O5. The SMILES string of the molecule is O=C(Nc1ccc([C@@H]2O[C@H](CN3CCC(n4c(=O)[nH]c5ccccc54)CC3)C[C@H](c3ccc(CO)cc3)O2)cc1)NC12CC3CC(CC(C3)C1)C2. The van der Waals surface area contributed by atoms with Crippen LogP contribution >= 0.6 is 0 Å². The number of nitrogens with zero attached hydrogens (tertiary/aromatic N) is 2. The number of para-hydroxylation sites is 2. The number of piperidine rings is 1. The zero-order chi connectivity index (χ0) is 34.5. The third kappa shape index (κ3) is 6.75. The molecule has 4 bridgehead atoms. The molecular weight excluding hydrogens is 642 g/mol. The molecule has 2 aliphatic heterocycles. The third-order valence-electron chi connectivity index (χ3n) is 12.5. The molecule has 6 fully saturated rings. The summed E-state index contributed by atoms with van der Waals surface area (Å²) in [5.74, 6) is 2.32. The van der Waals surface area contributed by atoms with Gasteiger partial charge in [-0.1, -0.05) is 48.5 Å². The summed E-state index contributed by atoms with van der Waals surface area (Å²) in [4.78, 5) is 31.5. The molecule has 4 N–H and O–H groups in total. The fourth-order valence-electron chi connectivity index (χ4n) is 10.5. The largest absolute Gasteiger partial charge is 0.392 e. The Morgan fingerprint density at radius 1 is 0.843 bits per heavy atom. The van der Waals surface area contributed by atoms with E-state index in [0.717, 1.165) is 103 Å². The van der Waals surface area contributed by atoms with Crippen molar-refractivity contribution in [1.29, 1.82) is 0 Å². The zero-order valence-electron chi connectivity index (χ0n) is 29.1. The number of amides is 2. The molecule has 1 aromatic heterocycles. The van der Waals surface area contributed by atoms with E-state index in [0.29, 0.717) is 6.42 Å². The fourth-order valence-corrected chi connectivity index (χ4v) is 10.5. The Labute approximate surface area is 298 Å². The Morgan fingerprint density at radius 3 is 2.20 bits per heavy atom. The van der Waals surface area contributed by atoms with Gasteiger partial charge in [0, 0.05) is 48.9 Å². The first-order valence-corrected chi connectivity index (χ1v) is 19.0. The van der Waals surface area contributed by atoms with Crippen LogP contribution in [0.25, 0.3) is 11.0 Å². The molecule has 51 heavy (non-hydrogen) atoms. The number of ether oxygens (including phenoxy) is 2. The summed E-state index contributed by atoms with van der Waals surface area (Å²) in [6, 6.07) is 23.8. The number of carbonyl (C=O) groups excluding carboxylic acids is 1. The van der Waals surface area contributed by atoms with Gasteiger partial charge in [0.25, 0.3) is 0 Å². The van der Waals surface area contributed by atoms with E-state index in [9.17, 15) is 14.7 Å². The van der Waals surface area contributed by atoms with Crippen LogP contribution in [-0.4, -0.2) is 56.9 Å². The lowest BCUT2D eigenvalue weighted by Crippen LogP contribution is -2.60. The quantitative estimate of drug-likeness (QED) is 0.162. The number of carbonyl (C=O) groups is 1. The minimum Gasteiger partial charge on any atom is -0.392 e. The van der Waals surface area contributed by atoms with Gasteiger partial charge in [0.1, 0.15) is 0 Å². The van der Waals surface area contributed by atoms with Crippen LogP contribution < -0.4 is 16.3 Å². The van der Waals surface area contributed by atoms with Crippen molar-refractivity contribution in [3.8, 4) is 0 Å². The number of likely N-dealkylation sites (tertiary alicyclic amines) is 1. The van der Waals surface area contributed by atoms with Gasteiger partial charge in [-0.15, -0.1) is 0 Å². The van der Waals surface area contributed by atoms with E-state index >= 15 is 0 Å². The van der Waals surface area contributed by atoms with Crippen LogP contribution in [0.1, 0.15) is 92.9 Å². The number of hydrogen-bond acceptors (Lipinski definition) is 6. The number of nitrogens with one attached hydrogen (secondary N) is 3. The third-order valence-corrected chi connectivity index (χ3v) is 12.5. The fraction of sp³-hybridized carbons (Fsp3) is 0.512. The summed E-state index contributed by atoms with van der Waals surface area (Å²) < 4.78 is 15.2. The van der Waals surface area contributed by atoms with E-state index in [1.165, 1.54) is 19.3 Å². The van der Waals surface area contributed by atoms with Gasteiger partial charge in [-0.25, -0.2) is 9.59 Å². The second-order valence-corrected chi connectivity index (χ2v) is 16.1. The van der Waals surface area contributed by atoms with Crippen LogP contribution in [0.15, 0.2) is 77.6 Å². The molecule has 10 heteroatoms. The number of aromatic amines is 1. The average molecular weight is 692 g/mol. The van der Waals surface area contributed by atoms with Crippen LogP contribution in [0.4, 0.5) is 10.5 Å². The van der Waals surface area contributed by atoms with Crippen molar-refractivity contribution in [3.05, 3.63) is 100.0 Å². The summed E-state index contributed by atoms with van der Waals surface area (Å²) in [6.45, 7) is 2.53. The van der Waals surface area contributed by atoms with Crippen molar-refractivity contribution in [3.63, 3.8) is 0 Å². The molecule has 2 saturated heterocycles. The van der Waals surface area contributed by atoms with Gasteiger partial charge in [-0.2, -0.15) is 0 Å². The number of H-pyrrole nitrogens is 1. The Balaban J connectivity index is 0.863. The van der Waals surface area contributed by atoms with Gasteiger partial charge in [-0.05, 0) is 105 Å². The highest BCUT2D eigenvalue weighted by Gasteiger charge is 2.51. The zero-order valence-corrected chi connectivity index (χ0v) is 29.1. The molecule has 10 nitrogen and oxygen atoms in total. The molecule has 4 aromatic rings. The van der Waals surface area contributed by atoms with Crippen LogP contribution in [-0.2, 0) is 16.1 Å². The van der Waals surface area contributed by atoms with Crippen LogP contribution in [0.3, 0.4) is 0 Å². The average Bonchev–Trinajstić information content (AvgIpc) is 3.47. The first kappa shape index (κ1) is 32.9. The van der Waals surface area contributed by atoms with Gasteiger partial charge in [0.15, 0.2) is 6.29 Å². The van der Waals surface area contributed by atoms with Crippen molar-refractivity contribution < 1.29 is 19.4 Å². The molecule has 3 atom stereocenters. The van der Waals surface area contributed by atoms with Crippen molar-refractivity contribution in [2.45, 2.75) is 94.5 Å². The molecule has 0 unspecified atom stereocenters. The predicted octanol–water partition coefficient (Wildman–Crippen LogP) is 6.79. The number of fused-ring (bicyclic) bond motifs is 1. The number of urea groups is 1. The maximum Gasteiger partial charge on any atom is 0.326 e. The summed E-state index contributed by atoms with van der Waals surface area (Å²) >= 11 is 0. The molecule has 0 radical (unpaired) electrons. The molecule has 10 rings (SSSR count). The van der Waals surface area contributed by atoms with E-state index < -0.39 is 6.29 Å². The molecule has 3 heterocycles. The van der Waals surface area contributed by atoms with E-state index in [1.54, 1.807) is 0 Å². The lowest BCUT2D eigenvalue weighted by Gasteiger charge is -2.56. The van der Waals surface area contributed by atoms with Crippen molar-refractivity contribution in [1.82, 2.24) is 19.8 Å². The normalized spacial score (nSPS) is 30.8. The molecule has 4 saturated carbocycles. The summed E-state index contributed by atoms with van der Waals surface area (Å²) in [7, 11) is 0. The number of imidazole rings is 1. The summed E-state index contributed by atoms with van der Waals surface area (Å²) in [6.07, 6.45) is 9.09. The second-order valence-electron chi connectivity index (χ2n) is 16.1. The Kier molecular flexibility index (Phi) is 8.74. The summed E-state index contributed by atoms with van der Waals surface area (Å²) in [5, 5.41) is 16.1. The molecule has 4 aliphatic carbocycles. The lowest BCUT2D eigenvalue weighted by molar-refractivity contribution is -0.253. The monoisotopic (exact) mass is 691 g/mol. The van der Waals surface area contributed by atoms with Crippen LogP contribution in [0.2, 0.25) is 0 Å². The maximum absolute atomic E-state index is 13.2. The predicted molar refractivity (Wildman–Crippen MR) is 195 cm³/mol. The Hall–Kier alpha value is -3.96. The van der Waals surface area contributed by atoms with Crippen molar-refractivity contribution in [2.24, 2.45) is 17.8 Å². The Bertz CT molecular complexity index is 1880. The minimum absolute atomic E-state index is 0.00173. The highest BCUT2D eigenvalue weighted by molar-refractivity contribution is 5.89. The highest BCUT2D eigenvalue weighted by Crippen LogP contribution is 2.55. The first-order valence-electron chi connectivity index (χ1n) is 19.0. The Morgan fingerprint density at radius 2 is 1.51 bits per heavy atom. The minimum atomic E-state index is -0.566. The number of aliphatic hydroxyl groups excluding tert-OH is 1. The first-order chi connectivity index (χ1) is 24.9. The van der Waals surface area contributed by atoms with Gasteiger partial charge in [0.05, 0.1) is 29.8 Å². The number of anilines is 1. The molecule has 268 valence electrons. The van der Waals surface area contributed by atoms with Crippen LogP contribution in [0, 0.1) is 17.8 Å². The number of hydrogen-bond donors (Lipinski definition) is 4. The van der Waals surface area contributed by atoms with Gasteiger partial charge in [0.2, 0.25) is 0 Å². The molecule has 2 amide bonds. The topological polar surface area (TPSA) is 121 Å². The lowest BCUT2D eigenvalue weighted by atomic mass is 9.53. The van der Waals surface area contributed by atoms with Gasteiger partial charge < -0.3 is 35.1 Å². The van der Waals surface area contributed by atoms with E-state index in [4.69, 9.17) is 9.47 Å². The standard InChI is InChI=1S/C41H49N5O5/c47-25-26-5-7-30(8-6-26)37-20-34(24-45-15-13-33(14-16-45)46-36-4-2-1-3-35(36)43-40(46)49)50-38(51-37)31-9-11-32(12-10-31)42-39(48)44-41-21-27-17-28(22-41)19-29(18-27)23-41/h1-12,27-29,33-34,37-38,47H,13-25H2,(H,43,49)(H2,42,44,48)/t27?,28?,29?,34-,37+,38+,41?/m0/s1. The smallest absolute Gasteiger partial charge is 0.326 e. The van der Waals surface area contributed by atoms with E-state index in [-0.39, 0.29) is 42.1 Å². The highest BCUT2D eigenvalue weighted by atomic mass is 16.7. The van der Waals surface area contributed by atoms with Crippen molar-refractivity contribution in [2.75, 3.05) is 25.0 Å².